The molecule has 0 bridgehead atoms. The highest BCUT2D eigenvalue weighted by Crippen LogP contribution is 2.21. The van der Waals surface area contributed by atoms with Crippen LogP contribution in [0.2, 0.25) is 0 Å². The van der Waals surface area contributed by atoms with E-state index in [4.69, 9.17) is 0 Å². The summed E-state index contributed by atoms with van der Waals surface area (Å²) in [4.78, 5) is 2.45. The predicted octanol–water partition coefficient (Wildman–Crippen LogP) is 2.96. The lowest BCUT2D eigenvalue weighted by Gasteiger charge is -2.30. The van der Waals surface area contributed by atoms with Crippen molar-refractivity contribution >= 4 is 0 Å². The van der Waals surface area contributed by atoms with Gasteiger partial charge < -0.3 is 5.32 Å². The van der Waals surface area contributed by atoms with Crippen molar-refractivity contribution in [1.29, 1.82) is 0 Å². The molecule has 3 heteroatoms. The molecule has 0 aromatic heterocycles. The lowest BCUT2D eigenvalue weighted by molar-refractivity contribution is 0.202. The molecule has 18 heavy (non-hydrogen) atoms. The Hall–Kier alpha value is -0.930. The molecule has 2 nitrogen and oxygen atoms in total. The quantitative estimate of drug-likeness (QED) is 0.864. The van der Waals surface area contributed by atoms with Gasteiger partial charge in [-0.2, -0.15) is 0 Å². The molecular formula is C15H23FN2. The van der Waals surface area contributed by atoms with Crippen molar-refractivity contribution in [3.05, 3.63) is 35.6 Å². The normalized spacial score (nSPS) is 21.4. The summed E-state index contributed by atoms with van der Waals surface area (Å²) in [6.07, 6.45) is 2.56. The molecule has 2 atom stereocenters. The van der Waals surface area contributed by atoms with Crippen LogP contribution in [0.15, 0.2) is 24.3 Å². The number of benzene rings is 1. The molecule has 0 spiro atoms. The minimum Gasteiger partial charge on any atom is -0.313 e. The maximum Gasteiger partial charge on any atom is 0.123 e. The standard InChI is InChI=1S/C15H23FN2/c1-3-18(11-15-5-4-10-17-15)12(2)13-6-8-14(16)9-7-13/h6-9,12,15,17H,3-5,10-11H2,1-2H3. The Kier molecular flexibility index (Phi) is 4.72. The minimum absolute atomic E-state index is 0.161. The Morgan fingerprint density at radius 1 is 1.39 bits per heavy atom. The average Bonchev–Trinajstić information content (AvgIpc) is 2.89. The Balaban J connectivity index is 1.99. The van der Waals surface area contributed by atoms with Crippen LogP contribution in [0.1, 0.15) is 38.3 Å². The molecule has 1 N–H and O–H groups in total. The van der Waals surface area contributed by atoms with Crippen LogP contribution in [0.3, 0.4) is 0 Å². The van der Waals surface area contributed by atoms with Crippen molar-refractivity contribution in [2.45, 2.75) is 38.8 Å². The summed E-state index contributed by atoms with van der Waals surface area (Å²) in [5, 5.41) is 3.54. The van der Waals surface area contributed by atoms with Crippen LogP contribution < -0.4 is 5.32 Å². The second kappa shape index (κ2) is 6.30. The van der Waals surface area contributed by atoms with Crippen molar-refractivity contribution in [3.63, 3.8) is 0 Å². The lowest BCUT2D eigenvalue weighted by atomic mass is 10.1. The lowest BCUT2D eigenvalue weighted by Crippen LogP contribution is -2.38. The number of hydrogen-bond acceptors (Lipinski definition) is 2. The van der Waals surface area contributed by atoms with Gasteiger partial charge in [0, 0.05) is 18.6 Å². The largest absolute Gasteiger partial charge is 0.313 e. The zero-order valence-electron chi connectivity index (χ0n) is 11.3. The SMILES string of the molecule is CCN(CC1CCCN1)C(C)c1ccc(F)cc1. The molecule has 1 aromatic carbocycles. The van der Waals surface area contributed by atoms with Gasteiger partial charge in [0.15, 0.2) is 0 Å². The van der Waals surface area contributed by atoms with Crippen molar-refractivity contribution in [2.24, 2.45) is 0 Å². The fourth-order valence-electron chi connectivity index (χ4n) is 2.71. The molecule has 0 saturated carbocycles. The monoisotopic (exact) mass is 250 g/mol. The topological polar surface area (TPSA) is 15.3 Å². The molecule has 0 radical (unpaired) electrons. The smallest absolute Gasteiger partial charge is 0.123 e. The highest BCUT2D eigenvalue weighted by Gasteiger charge is 2.21. The summed E-state index contributed by atoms with van der Waals surface area (Å²) in [6.45, 7) is 7.64. The molecule has 100 valence electrons. The van der Waals surface area contributed by atoms with Crippen molar-refractivity contribution in [3.8, 4) is 0 Å². The zero-order chi connectivity index (χ0) is 13.0. The van der Waals surface area contributed by atoms with Crippen LogP contribution in [-0.2, 0) is 0 Å². The number of rotatable bonds is 5. The van der Waals surface area contributed by atoms with Crippen molar-refractivity contribution < 1.29 is 4.39 Å². The second-order valence-corrected chi connectivity index (χ2v) is 5.11. The van der Waals surface area contributed by atoms with Gasteiger partial charge in [0.05, 0.1) is 0 Å². The zero-order valence-corrected chi connectivity index (χ0v) is 11.3. The number of nitrogens with zero attached hydrogens (tertiary/aromatic N) is 1. The molecule has 1 heterocycles. The molecule has 1 fully saturated rings. The third-order valence-electron chi connectivity index (χ3n) is 3.92. The number of hydrogen-bond donors (Lipinski definition) is 1. The summed E-state index contributed by atoms with van der Waals surface area (Å²) >= 11 is 0. The van der Waals surface area contributed by atoms with Gasteiger partial charge in [0.2, 0.25) is 0 Å². The first-order valence-electron chi connectivity index (χ1n) is 6.93. The van der Waals surface area contributed by atoms with Crippen LogP contribution in [-0.4, -0.2) is 30.6 Å². The van der Waals surface area contributed by atoms with Gasteiger partial charge in [-0.15, -0.1) is 0 Å². The van der Waals surface area contributed by atoms with Gasteiger partial charge >= 0.3 is 0 Å². The van der Waals surface area contributed by atoms with E-state index in [1.54, 1.807) is 12.1 Å². The fourth-order valence-corrected chi connectivity index (χ4v) is 2.71. The molecule has 0 amide bonds. The van der Waals surface area contributed by atoms with Crippen molar-refractivity contribution in [2.75, 3.05) is 19.6 Å². The van der Waals surface area contributed by atoms with E-state index in [2.05, 4.69) is 24.1 Å². The van der Waals surface area contributed by atoms with E-state index in [1.165, 1.54) is 18.4 Å². The Bertz CT molecular complexity index is 357. The number of halogens is 1. The van der Waals surface area contributed by atoms with Gasteiger partial charge in [-0.3, -0.25) is 4.90 Å². The first-order chi connectivity index (χ1) is 8.70. The highest BCUT2D eigenvalue weighted by atomic mass is 19.1. The van der Waals surface area contributed by atoms with E-state index in [0.717, 1.165) is 19.6 Å². The second-order valence-electron chi connectivity index (χ2n) is 5.11. The summed E-state index contributed by atoms with van der Waals surface area (Å²) in [5.41, 5.74) is 1.19. The van der Waals surface area contributed by atoms with Crippen LogP contribution in [0.5, 0.6) is 0 Å². The summed E-state index contributed by atoms with van der Waals surface area (Å²) < 4.78 is 12.9. The molecule has 2 rings (SSSR count). The van der Waals surface area contributed by atoms with Gasteiger partial charge in [-0.05, 0) is 50.6 Å². The van der Waals surface area contributed by atoms with E-state index in [0.29, 0.717) is 12.1 Å². The average molecular weight is 250 g/mol. The van der Waals surface area contributed by atoms with E-state index in [-0.39, 0.29) is 5.82 Å². The Morgan fingerprint density at radius 2 is 2.11 bits per heavy atom. The third kappa shape index (κ3) is 3.30. The van der Waals surface area contributed by atoms with Crippen molar-refractivity contribution in [1.82, 2.24) is 10.2 Å². The van der Waals surface area contributed by atoms with E-state index >= 15 is 0 Å². The predicted molar refractivity (Wildman–Crippen MR) is 73.1 cm³/mol. The van der Waals surface area contributed by atoms with Crippen LogP contribution >= 0.6 is 0 Å². The fraction of sp³-hybridized carbons (Fsp3) is 0.600. The highest BCUT2D eigenvalue weighted by molar-refractivity contribution is 5.19. The van der Waals surface area contributed by atoms with Crippen LogP contribution in [0, 0.1) is 5.82 Å². The van der Waals surface area contributed by atoms with Gasteiger partial charge in [0.25, 0.3) is 0 Å². The molecule has 0 aliphatic carbocycles. The Morgan fingerprint density at radius 3 is 2.67 bits per heavy atom. The molecule has 1 saturated heterocycles. The Labute approximate surface area is 109 Å². The van der Waals surface area contributed by atoms with Gasteiger partial charge in [-0.1, -0.05) is 19.1 Å². The molecule has 1 aliphatic rings. The first kappa shape index (κ1) is 13.5. The maximum absolute atomic E-state index is 12.9. The summed E-state index contributed by atoms with van der Waals surface area (Å²) in [7, 11) is 0. The van der Waals surface area contributed by atoms with E-state index in [1.807, 2.05) is 12.1 Å². The maximum atomic E-state index is 12.9. The van der Waals surface area contributed by atoms with Gasteiger partial charge in [0.1, 0.15) is 5.82 Å². The van der Waals surface area contributed by atoms with E-state index < -0.39 is 0 Å². The van der Waals surface area contributed by atoms with E-state index in [9.17, 15) is 4.39 Å². The van der Waals surface area contributed by atoms with Crippen LogP contribution in [0.25, 0.3) is 0 Å². The number of likely N-dealkylation sites (N-methyl/N-ethyl adjacent to an activating group) is 1. The molecular weight excluding hydrogens is 227 g/mol. The molecule has 2 unspecified atom stereocenters. The third-order valence-corrected chi connectivity index (χ3v) is 3.92. The van der Waals surface area contributed by atoms with Crippen LogP contribution in [0.4, 0.5) is 4.39 Å². The van der Waals surface area contributed by atoms with Gasteiger partial charge in [-0.25, -0.2) is 4.39 Å². The molecule has 1 aliphatic heterocycles. The summed E-state index contributed by atoms with van der Waals surface area (Å²) in [6, 6.07) is 7.85. The first-order valence-corrected chi connectivity index (χ1v) is 6.93. The summed E-state index contributed by atoms with van der Waals surface area (Å²) in [5.74, 6) is -0.161. The molecule has 1 aromatic rings. The number of nitrogens with one attached hydrogen (secondary N) is 1. The minimum atomic E-state index is -0.161.